The van der Waals surface area contributed by atoms with E-state index in [9.17, 15) is 0 Å². The van der Waals surface area contributed by atoms with Gasteiger partial charge in [0, 0.05) is 11.6 Å². The molecule has 2 unspecified atom stereocenters. The van der Waals surface area contributed by atoms with Crippen molar-refractivity contribution in [1.29, 1.82) is 0 Å². The average Bonchev–Trinajstić information content (AvgIpc) is 2.77. The maximum Gasteiger partial charge on any atom is 0.231 e. The second kappa shape index (κ2) is 5.53. The highest BCUT2D eigenvalue weighted by Gasteiger charge is 2.26. The number of nitrogens with zero attached hydrogens (tertiary/aromatic N) is 2. The molecule has 0 aliphatic rings. The number of nitrogens with two attached hydrogens (primary N) is 1. The quantitative estimate of drug-likeness (QED) is 0.916. The van der Waals surface area contributed by atoms with Gasteiger partial charge in [-0.2, -0.15) is 4.98 Å². The van der Waals surface area contributed by atoms with Crippen LogP contribution in [-0.2, 0) is 0 Å². The van der Waals surface area contributed by atoms with Crippen molar-refractivity contribution in [2.24, 2.45) is 11.7 Å². The number of benzene rings is 1. The fourth-order valence-corrected chi connectivity index (χ4v) is 2.39. The lowest BCUT2D eigenvalue weighted by Crippen LogP contribution is -2.28. The Kier molecular flexibility index (Phi) is 4.00. The second-order valence-electron chi connectivity index (χ2n) is 5.45. The molecule has 0 bridgehead atoms. The topological polar surface area (TPSA) is 64.9 Å². The summed E-state index contributed by atoms with van der Waals surface area (Å²) >= 11 is 0. The van der Waals surface area contributed by atoms with Crippen molar-refractivity contribution in [2.75, 3.05) is 0 Å². The van der Waals surface area contributed by atoms with E-state index in [1.165, 1.54) is 5.56 Å². The van der Waals surface area contributed by atoms with Gasteiger partial charge in [0.2, 0.25) is 11.7 Å². The van der Waals surface area contributed by atoms with E-state index in [-0.39, 0.29) is 12.0 Å². The van der Waals surface area contributed by atoms with Crippen molar-refractivity contribution < 1.29 is 4.52 Å². The fraction of sp³-hybridized carbons (Fsp3) is 0.467. The molecule has 0 saturated carbocycles. The van der Waals surface area contributed by atoms with Crippen LogP contribution >= 0.6 is 0 Å². The molecule has 0 saturated heterocycles. The summed E-state index contributed by atoms with van der Waals surface area (Å²) in [6, 6.07) is 8.06. The van der Waals surface area contributed by atoms with Gasteiger partial charge in [0.15, 0.2) is 0 Å². The van der Waals surface area contributed by atoms with Crippen LogP contribution in [0.25, 0.3) is 11.4 Å². The third-order valence-corrected chi connectivity index (χ3v) is 3.29. The lowest BCUT2D eigenvalue weighted by atomic mass is 9.90. The van der Waals surface area contributed by atoms with Crippen LogP contribution in [0.4, 0.5) is 0 Å². The SMILES string of the molecule is Cc1cccc(-c2noc(C(C(C)C)C(C)N)n2)c1. The van der Waals surface area contributed by atoms with E-state index in [4.69, 9.17) is 10.3 Å². The first-order chi connectivity index (χ1) is 8.99. The molecule has 19 heavy (non-hydrogen) atoms. The lowest BCUT2D eigenvalue weighted by molar-refractivity contribution is 0.300. The van der Waals surface area contributed by atoms with Crippen molar-refractivity contribution in [3.8, 4) is 11.4 Å². The zero-order valence-electron chi connectivity index (χ0n) is 11.9. The predicted octanol–water partition coefficient (Wildman–Crippen LogP) is 3.13. The summed E-state index contributed by atoms with van der Waals surface area (Å²) in [4.78, 5) is 4.51. The molecule has 0 spiro atoms. The van der Waals surface area contributed by atoms with Crippen molar-refractivity contribution >= 4 is 0 Å². The van der Waals surface area contributed by atoms with Crippen LogP contribution in [0.15, 0.2) is 28.8 Å². The Morgan fingerprint density at radius 1 is 1.21 bits per heavy atom. The third-order valence-electron chi connectivity index (χ3n) is 3.29. The summed E-state index contributed by atoms with van der Waals surface area (Å²) in [6.07, 6.45) is 0. The summed E-state index contributed by atoms with van der Waals surface area (Å²) in [5.74, 6) is 1.71. The summed E-state index contributed by atoms with van der Waals surface area (Å²) in [5.41, 5.74) is 8.17. The number of rotatable bonds is 4. The Morgan fingerprint density at radius 2 is 1.95 bits per heavy atom. The Hall–Kier alpha value is -1.68. The van der Waals surface area contributed by atoms with Gasteiger partial charge in [0.1, 0.15) is 0 Å². The third kappa shape index (κ3) is 3.01. The van der Waals surface area contributed by atoms with E-state index in [0.717, 1.165) is 5.56 Å². The van der Waals surface area contributed by atoms with Crippen LogP contribution in [0.3, 0.4) is 0 Å². The van der Waals surface area contributed by atoms with Crippen LogP contribution in [0, 0.1) is 12.8 Å². The van der Waals surface area contributed by atoms with Gasteiger partial charge in [-0.25, -0.2) is 0 Å². The minimum Gasteiger partial charge on any atom is -0.339 e. The molecule has 1 heterocycles. The molecule has 0 aliphatic heterocycles. The minimum atomic E-state index is -0.00851. The Labute approximate surface area is 114 Å². The van der Waals surface area contributed by atoms with Crippen LogP contribution in [0.2, 0.25) is 0 Å². The smallest absolute Gasteiger partial charge is 0.231 e. The first kappa shape index (κ1) is 13.7. The van der Waals surface area contributed by atoms with E-state index < -0.39 is 0 Å². The molecule has 0 aliphatic carbocycles. The normalized spacial score (nSPS) is 14.6. The Bertz CT molecular complexity index is 538. The van der Waals surface area contributed by atoms with Crippen LogP contribution in [0.5, 0.6) is 0 Å². The second-order valence-corrected chi connectivity index (χ2v) is 5.45. The van der Waals surface area contributed by atoms with Crippen LogP contribution < -0.4 is 5.73 Å². The molecule has 0 amide bonds. The highest BCUT2D eigenvalue weighted by Crippen LogP contribution is 2.27. The molecule has 2 N–H and O–H groups in total. The van der Waals surface area contributed by atoms with Crippen molar-refractivity contribution in [1.82, 2.24) is 10.1 Å². The van der Waals surface area contributed by atoms with Gasteiger partial charge in [0.05, 0.1) is 5.92 Å². The highest BCUT2D eigenvalue weighted by molar-refractivity contribution is 5.55. The van der Waals surface area contributed by atoms with Crippen LogP contribution in [-0.4, -0.2) is 16.2 Å². The van der Waals surface area contributed by atoms with E-state index >= 15 is 0 Å². The zero-order chi connectivity index (χ0) is 14.0. The average molecular weight is 259 g/mol. The maximum atomic E-state index is 6.01. The van der Waals surface area contributed by atoms with E-state index in [0.29, 0.717) is 17.6 Å². The summed E-state index contributed by atoms with van der Waals surface area (Å²) in [5, 5.41) is 4.07. The number of aromatic nitrogens is 2. The highest BCUT2D eigenvalue weighted by atomic mass is 16.5. The summed E-state index contributed by atoms with van der Waals surface area (Å²) in [6.45, 7) is 8.25. The molecule has 4 heteroatoms. The van der Waals surface area contributed by atoms with Gasteiger partial charge < -0.3 is 10.3 Å². The molecule has 1 aromatic carbocycles. The van der Waals surface area contributed by atoms with Crippen LogP contribution in [0.1, 0.15) is 38.1 Å². The molecule has 0 fully saturated rings. The Balaban J connectivity index is 2.33. The molecule has 2 aromatic rings. The van der Waals surface area contributed by atoms with E-state index in [1.54, 1.807) is 0 Å². The molecule has 4 nitrogen and oxygen atoms in total. The summed E-state index contributed by atoms with van der Waals surface area (Å²) in [7, 11) is 0. The van der Waals surface area contributed by atoms with E-state index in [2.05, 4.69) is 24.0 Å². The Morgan fingerprint density at radius 3 is 2.53 bits per heavy atom. The molecule has 0 radical (unpaired) electrons. The van der Waals surface area contributed by atoms with Gasteiger partial charge in [-0.3, -0.25) is 0 Å². The summed E-state index contributed by atoms with van der Waals surface area (Å²) < 4.78 is 5.40. The van der Waals surface area contributed by atoms with Crippen molar-refractivity contribution in [3.63, 3.8) is 0 Å². The van der Waals surface area contributed by atoms with Crippen molar-refractivity contribution in [2.45, 2.75) is 39.7 Å². The van der Waals surface area contributed by atoms with Gasteiger partial charge in [-0.15, -0.1) is 0 Å². The van der Waals surface area contributed by atoms with Gasteiger partial charge in [-0.1, -0.05) is 42.8 Å². The minimum absolute atomic E-state index is 0.00851. The number of hydrogen-bond donors (Lipinski definition) is 1. The zero-order valence-corrected chi connectivity index (χ0v) is 11.9. The molecular formula is C15H21N3O. The molecule has 2 rings (SSSR count). The molecular weight excluding hydrogens is 238 g/mol. The van der Waals surface area contributed by atoms with Gasteiger partial charge in [-0.05, 0) is 25.8 Å². The number of aryl methyl sites for hydroxylation is 1. The first-order valence-corrected chi connectivity index (χ1v) is 6.65. The predicted molar refractivity (Wildman–Crippen MR) is 75.7 cm³/mol. The molecule has 102 valence electrons. The van der Waals surface area contributed by atoms with E-state index in [1.807, 2.05) is 38.1 Å². The lowest BCUT2D eigenvalue weighted by Gasteiger charge is -2.20. The van der Waals surface area contributed by atoms with Gasteiger partial charge in [0.25, 0.3) is 0 Å². The monoisotopic (exact) mass is 259 g/mol. The number of hydrogen-bond acceptors (Lipinski definition) is 4. The largest absolute Gasteiger partial charge is 0.339 e. The first-order valence-electron chi connectivity index (χ1n) is 6.65. The van der Waals surface area contributed by atoms with Gasteiger partial charge >= 0.3 is 0 Å². The fourth-order valence-electron chi connectivity index (χ4n) is 2.39. The standard InChI is InChI=1S/C15H21N3O/c1-9(2)13(11(4)16)15-17-14(18-19-15)12-7-5-6-10(3)8-12/h5-9,11,13H,16H2,1-4H3. The molecule has 1 aromatic heterocycles. The molecule has 2 atom stereocenters. The maximum absolute atomic E-state index is 6.01. The van der Waals surface area contributed by atoms with Crippen molar-refractivity contribution in [3.05, 3.63) is 35.7 Å².